The van der Waals surface area contributed by atoms with Crippen LogP contribution in [0.3, 0.4) is 0 Å². The number of ether oxygens (including phenoxy) is 1. The van der Waals surface area contributed by atoms with Crippen molar-refractivity contribution in [3.8, 4) is 5.75 Å². The predicted molar refractivity (Wildman–Crippen MR) is 134 cm³/mol. The summed E-state index contributed by atoms with van der Waals surface area (Å²) >= 11 is 0. The summed E-state index contributed by atoms with van der Waals surface area (Å²) in [6.45, 7) is 4.98. The molecule has 0 unspecified atom stereocenters. The fourth-order valence-electron chi connectivity index (χ4n) is 4.24. The number of fused-ring (bicyclic) bond motifs is 1. The quantitative estimate of drug-likeness (QED) is 0.307. The van der Waals surface area contributed by atoms with Crippen LogP contribution in [0.2, 0.25) is 0 Å². The fraction of sp³-hybridized carbons (Fsp3) is 0.179. The van der Waals surface area contributed by atoms with Gasteiger partial charge in [0.1, 0.15) is 23.7 Å². The molecule has 4 aromatic rings. The largest absolute Gasteiger partial charge is 0.491 e. The Labute approximate surface area is 207 Å². The van der Waals surface area contributed by atoms with E-state index in [1.54, 1.807) is 12.1 Å². The topological polar surface area (TPSA) is 93.8 Å². The Morgan fingerprint density at radius 2 is 1.86 bits per heavy atom. The lowest BCUT2D eigenvalue weighted by Crippen LogP contribution is -2.53. The second-order valence-corrected chi connectivity index (χ2v) is 8.70. The first-order valence-corrected chi connectivity index (χ1v) is 11.6. The van der Waals surface area contributed by atoms with Gasteiger partial charge in [-0.15, -0.1) is 0 Å². The van der Waals surface area contributed by atoms with Gasteiger partial charge in [-0.25, -0.2) is 4.79 Å². The first-order chi connectivity index (χ1) is 17.4. The number of hydrogen-bond acceptors (Lipinski definition) is 5. The van der Waals surface area contributed by atoms with Crippen LogP contribution in [0.4, 0.5) is 4.79 Å². The lowest BCUT2D eigenvalue weighted by Gasteiger charge is -2.25. The number of para-hydroxylation sites is 1. The molecular formula is C28H25N3O5. The van der Waals surface area contributed by atoms with Gasteiger partial charge in [0.2, 0.25) is 0 Å². The second-order valence-electron chi connectivity index (χ2n) is 8.70. The second kappa shape index (κ2) is 9.58. The molecule has 1 saturated heterocycles. The summed E-state index contributed by atoms with van der Waals surface area (Å²) in [5.74, 6) is -0.113. The molecule has 1 fully saturated rings. The minimum atomic E-state index is -0.774. The van der Waals surface area contributed by atoms with Crippen LogP contribution in [0.25, 0.3) is 17.0 Å². The number of imide groups is 2. The summed E-state index contributed by atoms with van der Waals surface area (Å²) < 4.78 is 13.3. The van der Waals surface area contributed by atoms with Crippen LogP contribution in [-0.4, -0.2) is 33.9 Å². The molecule has 36 heavy (non-hydrogen) atoms. The van der Waals surface area contributed by atoms with Crippen LogP contribution in [0.5, 0.6) is 5.75 Å². The van der Waals surface area contributed by atoms with Gasteiger partial charge in [-0.2, -0.15) is 0 Å². The first kappa shape index (κ1) is 23.2. The smallest absolute Gasteiger partial charge is 0.331 e. The van der Waals surface area contributed by atoms with Crippen LogP contribution in [0, 0.1) is 13.8 Å². The van der Waals surface area contributed by atoms with Crippen molar-refractivity contribution in [2.45, 2.75) is 26.9 Å². The third-order valence-corrected chi connectivity index (χ3v) is 6.13. The number of hydrogen-bond donors (Lipinski definition) is 1. The summed E-state index contributed by atoms with van der Waals surface area (Å²) in [5, 5.41) is 3.13. The van der Waals surface area contributed by atoms with E-state index in [1.165, 1.54) is 12.3 Å². The highest BCUT2D eigenvalue weighted by Gasteiger charge is 2.36. The molecule has 3 heterocycles. The van der Waals surface area contributed by atoms with E-state index in [0.29, 0.717) is 24.5 Å². The van der Waals surface area contributed by atoms with Crippen LogP contribution in [-0.2, 0) is 22.7 Å². The number of amides is 4. The zero-order valence-electron chi connectivity index (χ0n) is 20.0. The van der Waals surface area contributed by atoms with Crippen LogP contribution >= 0.6 is 0 Å². The molecule has 5 rings (SSSR count). The molecule has 1 N–H and O–H groups in total. The Kier molecular flexibility index (Phi) is 6.16. The Morgan fingerprint density at radius 3 is 2.67 bits per heavy atom. The lowest BCUT2D eigenvalue weighted by molar-refractivity contribution is -0.130. The van der Waals surface area contributed by atoms with E-state index in [4.69, 9.17) is 9.15 Å². The number of carbonyl (C=O) groups is 3. The molecule has 0 bridgehead atoms. The molecule has 2 aromatic carbocycles. The van der Waals surface area contributed by atoms with Gasteiger partial charge in [0, 0.05) is 22.7 Å². The molecule has 8 heteroatoms. The maximum Gasteiger partial charge on any atom is 0.331 e. The maximum absolute atomic E-state index is 13.1. The van der Waals surface area contributed by atoms with Gasteiger partial charge in [0.25, 0.3) is 11.8 Å². The number of carbonyl (C=O) groups excluding carboxylic acids is 3. The molecule has 0 saturated carbocycles. The van der Waals surface area contributed by atoms with Crippen molar-refractivity contribution in [2.24, 2.45) is 0 Å². The first-order valence-electron chi connectivity index (χ1n) is 11.6. The van der Waals surface area contributed by atoms with E-state index in [-0.39, 0.29) is 12.1 Å². The number of furan rings is 1. The van der Waals surface area contributed by atoms with Gasteiger partial charge in [-0.3, -0.25) is 19.8 Å². The molecule has 4 amide bonds. The maximum atomic E-state index is 13.1. The lowest BCUT2D eigenvalue weighted by atomic mass is 10.1. The highest BCUT2D eigenvalue weighted by molar-refractivity contribution is 6.31. The van der Waals surface area contributed by atoms with E-state index < -0.39 is 17.8 Å². The van der Waals surface area contributed by atoms with Crippen molar-refractivity contribution in [3.63, 3.8) is 0 Å². The van der Waals surface area contributed by atoms with Crippen molar-refractivity contribution < 1.29 is 23.5 Å². The monoisotopic (exact) mass is 483 g/mol. The molecule has 1 aliphatic rings. The number of nitrogens with one attached hydrogen (secondary N) is 1. The molecular weight excluding hydrogens is 458 g/mol. The number of rotatable bonds is 7. The van der Waals surface area contributed by atoms with E-state index in [1.807, 2.05) is 67.1 Å². The molecule has 182 valence electrons. The zero-order chi connectivity index (χ0) is 25.2. The van der Waals surface area contributed by atoms with Crippen LogP contribution in [0.1, 0.15) is 22.5 Å². The van der Waals surface area contributed by atoms with Crippen molar-refractivity contribution in [2.75, 3.05) is 6.61 Å². The zero-order valence-corrected chi connectivity index (χ0v) is 20.0. The summed E-state index contributed by atoms with van der Waals surface area (Å²) in [7, 11) is 0. The highest BCUT2D eigenvalue weighted by atomic mass is 16.5. The molecule has 8 nitrogen and oxygen atoms in total. The summed E-state index contributed by atoms with van der Waals surface area (Å²) in [6.07, 6.45) is 4.88. The summed E-state index contributed by atoms with van der Waals surface area (Å²) in [5.41, 5.74) is 3.73. The van der Waals surface area contributed by atoms with Gasteiger partial charge in [-0.1, -0.05) is 30.3 Å². The fourth-order valence-corrected chi connectivity index (χ4v) is 4.24. The van der Waals surface area contributed by atoms with Gasteiger partial charge >= 0.3 is 6.03 Å². The molecule has 2 aromatic heterocycles. The molecule has 0 atom stereocenters. The van der Waals surface area contributed by atoms with Gasteiger partial charge in [0.05, 0.1) is 19.4 Å². The van der Waals surface area contributed by atoms with Crippen molar-refractivity contribution >= 4 is 34.8 Å². The minimum absolute atomic E-state index is 0.0697. The van der Waals surface area contributed by atoms with Crippen LogP contribution in [0.15, 0.2) is 77.0 Å². The van der Waals surface area contributed by atoms with Gasteiger partial charge in [0.15, 0.2) is 0 Å². The third kappa shape index (κ3) is 4.53. The highest BCUT2D eigenvalue weighted by Crippen LogP contribution is 2.26. The molecule has 1 aliphatic heterocycles. The van der Waals surface area contributed by atoms with E-state index in [9.17, 15) is 14.4 Å². The number of barbiturate groups is 1. The number of aromatic nitrogens is 1. The summed E-state index contributed by atoms with van der Waals surface area (Å²) in [4.78, 5) is 39.0. The summed E-state index contributed by atoms with van der Waals surface area (Å²) in [6, 6.07) is 16.4. The Morgan fingerprint density at radius 1 is 1.03 bits per heavy atom. The van der Waals surface area contributed by atoms with Gasteiger partial charge < -0.3 is 13.7 Å². The number of benzene rings is 2. The Balaban J connectivity index is 1.42. The normalized spacial score (nSPS) is 15.1. The number of aryl methyl sites for hydroxylation is 2. The standard InChI is InChI=1S/C28H25N3O5/c1-18-9-10-19(2)25(14-18)36-13-11-30-16-20(22-7-3-4-8-24(22)30)15-23-26(32)29-28(34)31(27(23)33)17-21-6-5-12-35-21/h3-10,12,14-16H,11,13,17H2,1-2H3,(H,29,32,34)/b23-15-. The van der Waals surface area contributed by atoms with E-state index >= 15 is 0 Å². The van der Waals surface area contributed by atoms with Crippen molar-refractivity contribution in [1.29, 1.82) is 0 Å². The SMILES string of the molecule is Cc1ccc(C)c(OCCn2cc(/C=C3/C(=O)NC(=O)N(Cc4ccco4)C3=O)c3ccccc32)c1. The van der Waals surface area contributed by atoms with E-state index in [0.717, 1.165) is 32.7 Å². The van der Waals surface area contributed by atoms with Crippen molar-refractivity contribution in [3.05, 3.63) is 95.1 Å². The Bertz CT molecular complexity index is 1500. The average molecular weight is 484 g/mol. The predicted octanol–water partition coefficient (Wildman–Crippen LogP) is 4.59. The number of nitrogens with zero attached hydrogens (tertiary/aromatic N) is 2. The van der Waals surface area contributed by atoms with Gasteiger partial charge in [-0.05, 0) is 55.3 Å². The molecule has 0 spiro atoms. The van der Waals surface area contributed by atoms with Crippen molar-refractivity contribution in [1.82, 2.24) is 14.8 Å². The van der Waals surface area contributed by atoms with E-state index in [2.05, 4.69) is 5.32 Å². The number of urea groups is 1. The molecule has 0 radical (unpaired) electrons. The van der Waals surface area contributed by atoms with Crippen LogP contribution < -0.4 is 10.1 Å². The third-order valence-electron chi connectivity index (χ3n) is 6.13. The molecule has 0 aliphatic carbocycles. The Hall–Kier alpha value is -4.59. The minimum Gasteiger partial charge on any atom is -0.491 e. The average Bonchev–Trinajstić information content (AvgIpc) is 3.50.